The lowest BCUT2D eigenvalue weighted by Gasteiger charge is -2.19. The molecule has 0 bridgehead atoms. The van der Waals surface area contributed by atoms with Gasteiger partial charge in [0.25, 0.3) is 0 Å². The van der Waals surface area contributed by atoms with E-state index in [2.05, 4.69) is 30.1 Å². The average Bonchev–Trinajstić information content (AvgIpc) is 3.52. The third kappa shape index (κ3) is 4.12. The number of aryl methyl sites for hydroxylation is 2. The molecule has 0 fully saturated rings. The van der Waals surface area contributed by atoms with Gasteiger partial charge in [0.2, 0.25) is 5.82 Å². The summed E-state index contributed by atoms with van der Waals surface area (Å²) in [5, 5.41) is 11.5. The molecule has 0 saturated heterocycles. The Kier molecular flexibility index (Phi) is 4.68. The molecule has 178 valence electrons. The zero-order valence-corrected chi connectivity index (χ0v) is 19.6. The Morgan fingerprint density at radius 3 is 2.80 bits per heavy atom. The molecule has 11 heteroatoms. The zero-order valence-electron chi connectivity index (χ0n) is 21.8. The summed E-state index contributed by atoms with van der Waals surface area (Å²) in [6.45, 7) is 2.89. The van der Waals surface area contributed by atoms with Crippen molar-refractivity contribution < 1.29 is 13.1 Å². The summed E-state index contributed by atoms with van der Waals surface area (Å²) < 4.78 is 34.5. The van der Waals surface area contributed by atoms with Gasteiger partial charge in [-0.3, -0.25) is 19.0 Å². The number of anilines is 1. The van der Waals surface area contributed by atoms with Gasteiger partial charge in [-0.05, 0) is 44.5 Å². The molecule has 1 aromatic carbocycles. The molecule has 0 aliphatic heterocycles. The first-order valence-corrected chi connectivity index (χ1v) is 10.9. The van der Waals surface area contributed by atoms with Crippen LogP contribution in [0.25, 0.3) is 33.8 Å². The number of rotatable bonds is 5. The van der Waals surface area contributed by atoms with Crippen LogP contribution >= 0.6 is 11.6 Å². The Balaban J connectivity index is 1.63. The van der Waals surface area contributed by atoms with Gasteiger partial charge < -0.3 is 9.73 Å². The number of aromatic amines is 1. The number of hydrogen-bond donors (Lipinski definition) is 2. The second kappa shape index (κ2) is 8.55. The van der Waals surface area contributed by atoms with Gasteiger partial charge >= 0.3 is 5.76 Å². The lowest BCUT2D eigenvalue weighted by atomic mass is 9.99. The average molecular weight is 496 g/mol. The van der Waals surface area contributed by atoms with Gasteiger partial charge in [-0.2, -0.15) is 5.10 Å². The van der Waals surface area contributed by atoms with Gasteiger partial charge in [0.05, 0.1) is 28.9 Å². The maximum absolute atomic E-state index is 13.4. The van der Waals surface area contributed by atoms with Gasteiger partial charge in [-0.1, -0.05) is 22.8 Å². The van der Waals surface area contributed by atoms with Crippen LogP contribution in [0.4, 0.5) is 5.69 Å². The number of hydrogen-bond acceptors (Lipinski definition) is 8. The summed E-state index contributed by atoms with van der Waals surface area (Å²) in [6.07, 6.45) is 2.67. The molecule has 0 spiro atoms. The van der Waals surface area contributed by atoms with E-state index in [9.17, 15) is 9.59 Å². The molecule has 4 aromatic heterocycles. The standard InChI is InChI=1S/C24H21ClN6O4/c1-11-7-15(13(3)27-17-5-6-18(25)28-19(17)23-29-24(33)35-30-23)22-16(8-11)20(32)12(2)21(34-22)14-9-26-31(4)10-14/h5-10,13,27H,1-4H3,(H,29,30,33)/t13-/m1/s1/i4D3. The third-order valence-corrected chi connectivity index (χ3v) is 5.81. The molecule has 5 rings (SSSR count). The minimum absolute atomic E-state index is 0.0945. The lowest BCUT2D eigenvalue weighted by molar-refractivity contribution is 0.388. The van der Waals surface area contributed by atoms with Crippen molar-refractivity contribution in [3.05, 3.63) is 79.3 Å². The van der Waals surface area contributed by atoms with Crippen LogP contribution in [-0.4, -0.2) is 24.9 Å². The number of aromatic nitrogens is 5. The molecule has 0 aliphatic carbocycles. The minimum Gasteiger partial charge on any atom is -0.455 e. The van der Waals surface area contributed by atoms with Crippen molar-refractivity contribution in [3.8, 4) is 22.8 Å². The van der Waals surface area contributed by atoms with Gasteiger partial charge in [0.15, 0.2) is 5.43 Å². The fourth-order valence-electron chi connectivity index (χ4n) is 3.98. The van der Waals surface area contributed by atoms with E-state index in [4.69, 9.17) is 20.1 Å². The molecule has 0 radical (unpaired) electrons. The molecule has 0 unspecified atom stereocenters. The van der Waals surface area contributed by atoms with Crippen molar-refractivity contribution in [1.82, 2.24) is 24.9 Å². The number of H-pyrrole nitrogens is 1. The maximum atomic E-state index is 13.4. The Morgan fingerprint density at radius 1 is 1.26 bits per heavy atom. The number of pyridine rings is 1. The van der Waals surface area contributed by atoms with Crippen LogP contribution in [0.2, 0.25) is 5.15 Å². The smallest absolute Gasteiger partial charge is 0.439 e. The van der Waals surface area contributed by atoms with Crippen LogP contribution < -0.4 is 16.5 Å². The molecule has 4 heterocycles. The van der Waals surface area contributed by atoms with E-state index in [0.29, 0.717) is 33.3 Å². The first-order valence-electron chi connectivity index (χ1n) is 12.1. The molecule has 0 aliphatic rings. The summed E-state index contributed by atoms with van der Waals surface area (Å²) in [6, 6.07) is 6.46. The van der Waals surface area contributed by atoms with Crippen LogP contribution in [0.1, 0.15) is 33.8 Å². The summed E-state index contributed by atoms with van der Waals surface area (Å²) in [5.74, 6) is -0.418. The van der Waals surface area contributed by atoms with Crippen LogP contribution in [0.3, 0.4) is 0 Å². The van der Waals surface area contributed by atoms with Crippen molar-refractivity contribution in [2.45, 2.75) is 26.8 Å². The van der Waals surface area contributed by atoms with Crippen molar-refractivity contribution in [1.29, 1.82) is 0 Å². The Labute approximate surface area is 207 Å². The highest BCUT2D eigenvalue weighted by Gasteiger charge is 2.21. The first-order chi connectivity index (χ1) is 17.9. The van der Waals surface area contributed by atoms with Gasteiger partial charge in [-0.15, -0.1) is 0 Å². The second-order valence-electron chi connectivity index (χ2n) is 8.13. The van der Waals surface area contributed by atoms with Crippen LogP contribution in [0, 0.1) is 13.8 Å². The topological polar surface area (TPSA) is 132 Å². The lowest BCUT2D eigenvalue weighted by Crippen LogP contribution is -2.13. The highest BCUT2D eigenvalue weighted by atomic mass is 35.5. The summed E-state index contributed by atoms with van der Waals surface area (Å²) in [7, 11) is 0. The molecule has 2 N–H and O–H groups in total. The summed E-state index contributed by atoms with van der Waals surface area (Å²) in [5.41, 5.74) is 3.05. The highest BCUT2D eigenvalue weighted by molar-refractivity contribution is 6.29. The molecule has 0 amide bonds. The van der Waals surface area contributed by atoms with E-state index in [-0.39, 0.29) is 27.9 Å². The number of nitrogens with zero attached hydrogens (tertiary/aromatic N) is 4. The molecular formula is C24H21ClN6O4. The van der Waals surface area contributed by atoms with Crippen molar-refractivity contribution in [3.63, 3.8) is 0 Å². The monoisotopic (exact) mass is 495 g/mol. The summed E-state index contributed by atoms with van der Waals surface area (Å²) >= 11 is 6.08. The molecule has 0 saturated carbocycles. The zero-order chi connectivity index (χ0) is 27.4. The molecule has 35 heavy (non-hydrogen) atoms. The first kappa shape index (κ1) is 19.2. The van der Waals surface area contributed by atoms with E-state index in [1.807, 2.05) is 19.9 Å². The molecule has 10 nitrogen and oxygen atoms in total. The van der Waals surface area contributed by atoms with Crippen LogP contribution in [0.15, 0.2) is 55.2 Å². The van der Waals surface area contributed by atoms with Crippen LogP contribution in [0.5, 0.6) is 0 Å². The van der Waals surface area contributed by atoms with Crippen molar-refractivity contribution in [2.24, 2.45) is 6.98 Å². The van der Waals surface area contributed by atoms with E-state index in [0.717, 1.165) is 10.2 Å². The normalized spacial score (nSPS) is 13.9. The minimum atomic E-state index is -2.47. The number of halogens is 1. The van der Waals surface area contributed by atoms with Gasteiger partial charge in [0.1, 0.15) is 22.2 Å². The van der Waals surface area contributed by atoms with E-state index in [1.165, 1.54) is 12.4 Å². The third-order valence-electron chi connectivity index (χ3n) is 5.60. The number of nitrogens with one attached hydrogen (secondary N) is 2. The maximum Gasteiger partial charge on any atom is 0.439 e. The van der Waals surface area contributed by atoms with Gasteiger partial charge in [0, 0.05) is 28.4 Å². The van der Waals surface area contributed by atoms with Crippen molar-refractivity contribution >= 4 is 28.3 Å². The predicted octanol–water partition coefficient (Wildman–Crippen LogP) is 4.38. The Hall–Kier alpha value is -4.18. The largest absolute Gasteiger partial charge is 0.455 e. The molecular weight excluding hydrogens is 472 g/mol. The Morgan fingerprint density at radius 2 is 2.09 bits per heavy atom. The SMILES string of the molecule is [2H]C([2H])([2H])n1cc(-c2oc3c([C@@H](C)Nc4ccc(Cl)nc4-c4noc(=O)[nH]4)cc(C)cc3c(=O)c2C)cn1. The number of benzene rings is 1. The Bertz CT molecular complexity index is 1800. The molecule has 1 atom stereocenters. The van der Waals surface area contributed by atoms with E-state index < -0.39 is 18.8 Å². The fraction of sp³-hybridized carbons (Fsp3) is 0.208. The quantitative estimate of drug-likeness (QED) is 0.343. The molecule has 5 aromatic rings. The van der Waals surface area contributed by atoms with E-state index >= 15 is 0 Å². The predicted molar refractivity (Wildman–Crippen MR) is 132 cm³/mol. The van der Waals surface area contributed by atoms with Crippen LogP contribution in [-0.2, 0) is 6.98 Å². The van der Waals surface area contributed by atoms with E-state index in [1.54, 1.807) is 25.1 Å². The summed E-state index contributed by atoms with van der Waals surface area (Å²) in [4.78, 5) is 31.6. The van der Waals surface area contributed by atoms with Crippen molar-refractivity contribution in [2.75, 3.05) is 5.32 Å². The van der Waals surface area contributed by atoms with Gasteiger partial charge in [-0.25, -0.2) is 9.78 Å². The second-order valence-corrected chi connectivity index (χ2v) is 8.52. The highest BCUT2D eigenvalue weighted by Crippen LogP contribution is 2.33. The fourth-order valence-corrected chi connectivity index (χ4v) is 4.13. The number of fused-ring (bicyclic) bond motifs is 1.